The summed E-state index contributed by atoms with van der Waals surface area (Å²) in [5.74, 6) is 4.46. The fraction of sp³-hybridized carbons (Fsp3) is 0. The van der Waals surface area contributed by atoms with E-state index in [1.165, 1.54) is 24.4 Å². The van der Waals surface area contributed by atoms with Gasteiger partial charge in [-0.2, -0.15) is 8.42 Å². The standard InChI is InChI=1S/C11H10ClFN4O2S/c12-7-3-4-8(13)10(6-7)17-20(18,19)11-9(16-14)2-1-5-15-11/h1-6,16-17H,14H2. The second-order valence-electron chi connectivity index (χ2n) is 3.73. The first kappa shape index (κ1) is 14.5. The summed E-state index contributed by atoms with van der Waals surface area (Å²) in [6.07, 6.45) is 1.28. The summed E-state index contributed by atoms with van der Waals surface area (Å²) in [6.45, 7) is 0. The fourth-order valence-corrected chi connectivity index (χ4v) is 2.81. The first-order valence-electron chi connectivity index (χ1n) is 5.33. The molecule has 2 aromatic rings. The van der Waals surface area contributed by atoms with E-state index in [-0.39, 0.29) is 21.4 Å². The molecular formula is C11H10ClFN4O2S. The molecule has 106 valence electrons. The molecule has 1 aromatic carbocycles. The molecule has 9 heteroatoms. The van der Waals surface area contributed by atoms with Crippen molar-refractivity contribution < 1.29 is 12.8 Å². The van der Waals surface area contributed by atoms with Crippen molar-refractivity contribution in [1.29, 1.82) is 0 Å². The number of hydrazine groups is 1. The minimum Gasteiger partial charge on any atom is -0.321 e. The lowest BCUT2D eigenvalue weighted by Gasteiger charge is -2.11. The molecule has 6 nitrogen and oxygen atoms in total. The molecular weight excluding hydrogens is 307 g/mol. The number of nitrogens with two attached hydrogens (primary N) is 1. The summed E-state index contributed by atoms with van der Waals surface area (Å²) >= 11 is 5.70. The monoisotopic (exact) mass is 316 g/mol. The van der Waals surface area contributed by atoms with Gasteiger partial charge in [-0.3, -0.25) is 10.6 Å². The smallest absolute Gasteiger partial charge is 0.281 e. The Morgan fingerprint density at radius 2 is 2.00 bits per heavy atom. The predicted molar refractivity (Wildman–Crippen MR) is 74.3 cm³/mol. The molecule has 0 radical (unpaired) electrons. The van der Waals surface area contributed by atoms with Crippen molar-refractivity contribution in [3.05, 3.63) is 47.4 Å². The van der Waals surface area contributed by atoms with Gasteiger partial charge in [-0.1, -0.05) is 11.6 Å². The Kier molecular flexibility index (Phi) is 4.07. The van der Waals surface area contributed by atoms with Crippen molar-refractivity contribution in [2.24, 2.45) is 5.84 Å². The molecule has 0 aliphatic heterocycles. The van der Waals surface area contributed by atoms with Crippen LogP contribution in [0.2, 0.25) is 5.02 Å². The third-order valence-corrected chi connectivity index (χ3v) is 3.91. The van der Waals surface area contributed by atoms with Gasteiger partial charge < -0.3 is 5.43 Å². The Bertz CT molecular complexity index is 739. The van der Waals surface area contributed by atoms with E-state index in [1.54, 1.807) is 0 Å². The molecule has 0 saturated heterocycles. The number of hydrogen-bond donors (Lipinski definition) is 3. The molecule has 0 aliphatic rings. The Hall–Kier alpha value is -1.90. The van der Waals surface area contributed by atoms with E-state index in [0.29, 0.717) is 0 Å². The highest BCUT2D eigenvalue weighted by Crippen LogP contribution is 2.24. The van der Waals surface area contributed by atoms with Gasteiger partial charge in [0.2, 0.25) is 5.03 Å². The highest BCUT2D eigenvalue weighted by atomic mass is 35.5. The Balaban J connectivity index is 2.43. The summed E-state index contributed by atoms with van der Waals surface area (Å²) in [5.41, 5.74) is 2.03. The van der Waals surface area contributed by atoms with E-state index in [9.17, 15) is 12.8 Å². The third kappa shape index (κ3) is 2.98. The minimum absolute atomic E-state index is 0.0856. The minimum atomic E-state index is -4.10. The number of benzene rings is 1. The van der Waals surface area contributed by atoms with E-state index in [0.717, 1.165) is 12.1 Å². The Labute approximate surface area is 119 Å². The van der Waals surface area contributed by atoms with Crippen molar-refractivity contribution in [2.75, 3.05) is 10.1 Å². The number of hydrogen-bond acceptors (Lipinski definition) is 5. The van der Waals surface area contributed by atoms with E-state index in [4.69, 9.17) is 17.4 Å². The van der Waals surface area contributed by atoms with Gasteiger partial charge in [0.15, 0.2) is 0 Å². The molecule has 1 aromatic heterocycles. The molecule has 0 saturated carbocycles. The number of nitrogen functional groups attached to an aromatic ring is 1. The van der Waals surface area contributed by atoms with E-state index in [2.05, 4.69) is 15.1 Å². The second-order valence-corrected chi connectivity index (χ2v) is 5.76. The van der Waals surface area contributed by atoms with E-state index < -0.39 is 15.8 Å². The SMILES string of the molecule is NNc1cccnc1S(=O)(=O)Nc1cc(Cl)ccc1F. The predicted octanol–water partition coefficient (Wildman–Crippen LogP) is 1.96. The second kappa shape index (κ2) is 5.61. The lowest BCUT2D eigenvalue weighted by atomic mass is 10.3. The molecule has 1 heterocycles. The molecule has 0 unspecified atom stereocenters. The van der Waals surface area contributed by atoms with Crippen LogP contribution in [0.1, 0.15) is 0 Å². The molecule has 0 fully saturated rings. The number of nitrogens with one attached hydrogen (secondary N) is 2. The zero-order chi connectivity index (χ0) is 14.8. The first-order chi connectivity index (χ1) is 9.44. The van der Waals surface area contributed by atoms with Crippen LogP contribution in [-0.2, 0) is 10.0 Å². The highest BCUT2D eigenvalue weighted by molar-refractivity contribution is 7.92. The van der Waals surface area contributed by atoms with Crippen LogP contribution in [0.4, 0.5) is 15.8 Å². The third-order valence-electron chi connectivity index (χ3n) is 2.35. The summed E-state index contributed by atoms with van der Waals surface area (Å²) in [4.78, 5) is 3.72. The summed E-state index contributed by atoms with van der Waals surface area (Å²) in [6, 6.07) is 6.46. The van der Waals surface area contributed by atoms with Crippen LogP contribution in [0.3, 0.4) is 0 Å². The number of rotatable bonds is 4. The van der Waals surface area contributed by atoms with Crippen LogP contribution in [0, 0.1) is 5.82 Å². The van der Waals surface area contributed by atoms with Crippen molar-refractivity contribution in [1.82, 2.24) is 4.98 Å². The largest absolute Gasteiger partial charge is 0.321 e. The van der Waals surface area contributed by atoms with E-state index in [1.807, 2.05) is 0 Å². The van der Waals surface area contributed by atoms with Gasteiger partial charge in [-0.05, 0) is 30.3 Å². The van der Waals surface area contributed by atoms with Gasteiger partial charge in [0.1, 0.15) is 5.82 Å². The van der Waals surface area contributed by atoms with Crippen molar-refractivity contribution in [2.45, 2.75) is 5.03 Å². The summed E-state index contributed by atoms with van der Waals surface area (Å²) < 4.78 is 40.0. The maximum absolute atomic E-state index is 13.6. The van der Waals surface area contributed by atoms with Gasteiger partial charge in [0.25, 0.3) is 10.0 Å². The molecule has 0 atom stereocenters. The number of pyridine rings is 1. The van der Waals surface area contributed by atoms with Gasteiger partial charge in [0, 0.05) is 11.2 Å². The summed E-state index contributed by atoms with van der Waals surface area (Å²) in [5, 5.41) is -0.149. The van der Waals surface area contributed by atoms with Crippen LogP contribution in [0.25, 0.3) is 0 Å². The average Bonchev–Trinajstić information content (AvgIpc) is 2.42. The van der Waals surface area contributed by atoms with Gasteiger partial charge in [0.05, 0.1) is 11.4 Å². The summed E-state index contributed by atoms with van der Waals surface area (Å²) in [7, 11) is -4.10. The zero-order valence-electron chi connectivity index (χ0n) is 9.97. The van der Waals surface area contributed by atoms with Crippen LogP contribution >= 0.6 is 11.6 Å². The maximum atomic E-state index is 13.6. The highest BCUT2D eigenvalue weighted by Gasteiger charge is 2.21. The zero-order valence-corrected chi connectivity index (χ0v) is 11.5. The first-order valence-corrected chi connectivity index (χ1v) is 7.19. The van der Waals surface area contributed by atoms with Crippen molar-refractivity contribution in [3.8, 4) is 0 Å². The number of nitrogens with zero attached hydrogens (tertiary/aromatic N) is 1. The molecule has 0 amide bonds. The van der Waals surface area contributed by atoms with Gasteiger partial charge in [-0.25, -0.2) is 9.37 Å². The van der Waals surface area contributed by atoms with Crippen LogP contribution in [0.5, 0.6) is 0 Å². The van der Waals surface area contributed by atoms with E-state index >= 15 is 0 Å². The fourth-order valence-electron chi connectivity index (χ4n) is 1.48. The van der Waals surface area contributed by atoms with Crippen molar-refractivity contribution >= 4 is 33.0 Å². The Morgan fingerprint density at radius 3 is 2.70 bits per heavy atom. The molecule has 0 bridgehead atoms. The lowest BCUT2D eigenvalue weighted by Crippen LogP contribution is -2.19. The average molecular weight is 317 g/mol. The van der Waals surface area contributed by atoms with Crippen molar-refractivity contribution in [3.63, 3.8) is 0 Å². The van der Waals surface area contributed by atoms with Crippen LogP contribution in [0.15, 0.2) is 41.6 Å². The molecule has 0 spiro atoms. The number of anilines is 2. The number of aromatic nitrogens is 1. The van der Waals surface area contributed by atoms with Gasteiger partial charge >= 0.3 is 0 Å². The normalized spacial score (nSPS) is 11.2. The number of sulfonamides is 1. The number of halogens is 2. The molecule has 20 heavy (non-hydrogen) atoms. The quantitative estimate of drug-likeness (QED) is 0.592. The Morgan fingerprint density at radius 1 is 1.25 bits per heavy atom. The topological polar surface area (TPSA) is 97.1 Å². The van der Waals surface area contributed by atoms with Crippen LogP contribution < -0.4 is 16.0 Å². The van der Waals surface area contributed by atoms with Gasteiger partial charge in [-0.15, -0.1) is 0 Å². The molecule has 0 aliphatic carbocycles. The van der Waals surface area contributed by atoms with Crippen LogP contribution in [-0.4, -0.2) is 13.4 Å². The maximum Gasteiger partial charge on any atom is 0.281 e. The lowest BCUT2D eigenvalue weighted by molar-refractivity contribution is 0.595. The molecule has 4 N–H and O–H groups in total. The molecule has 2 rings (SSSR count).